The van der Waals surface area contributed by atoms with E-state index < -0.39 is 0 Å². The Balaban J connectivity index is 1.85. The Morgan fingerprint density at radius 2 is 2.33 bits per heavy atom. The van der Waals surface area contributed by atoms with Crippen LogP contribution in [0.25, 0.3) is 0 Å². The molecule has 0 radical (unpaired) electrons. The van der Waals surface area contributed by atoms with Crippen molar-refractivity contribution in [1.82, 2.24) is 19.7 Å². The topological polar surface area (TPSA) is 89.6 Å². The number of nitrogens with two attached hydrogens (primary N) is 1. The number of rotatable bonds is 4. The third-order valence-corrected chi connectivity index (χ3v) is 3.73. The molecular formula is C11H13N5OS. The predicted molar refractivity (Wildman–Crippen MR) is 67.4 cm³/mol. The van der Waals surface area contributed by atoms with Crippen molar-refractivity contribution in [1.29, 1.82) is 0 Å². The molecule has 7 heteroatoms. The van der Waals surface area contributed by atoms with Crippen molar-refractivity contribution in [2.45, 2.75) is 35.6 Å². The Morgan fingerprint density at radius 1 is 1.50 bits per heavy atom. The highest BCUT2D eigenvalue weighted by atomic mass is 32.2. The molecule has 1 saturated carbocycles. The first-order valence-corrected chi connectivity index (χ1v) is 6.59. The van der Waals surface area contributed by atoms with E-state index in [9.17, 15) is 4.79 Å². The van der Waals surface area contributed by atoms with Gasteiger partial charge in [-0.05, 0) is 36.2 Å². The Kier molecular flexibility index (Phi) is 2.92. The lowest BCUT2D eigenvalue weighted by atomic mass is 10.3. The van der Waals surface area contributed by atoms with Gasteiger partial charge in [-0.15, -0.1) is 5.10 Å². The zero-order valence-electron chi connectivity index (χ0n) is 9.67. The summed E-state index contributed by atoms with van der Waals surface area (Å²) in [5.74, 6) is 0. The SMILES string of the molecule is NCc1ccc(Sc2n[nH]c(=O)n2C2CC2)nc1. The number of aromatic amines is 1. The summed E-state index contributed by atoms with van der Waals surface area (Å²) in [5.41, 5.74) is 6.37. The van der Waals surface area contributed by atoms with Gasteiger partial charge in [-0.3, -0.25) is 4.57 Å². The van der Waals surface area contributed by atoms with Crippen LogP contribution >= 0.6 is 11.8 Å². The van der Waals surface area contributed by atoms with E-state index in [-0.39, 0.29) is 5.69 Å². The van der Waals surface area contributed by atoms with Gasteiger partial charge in [-0.25, -0.2) is 14.9 Å². The molecule has 0 spiro atoms. The standard InChI is InChI=1S/C11H13N5OS/c12-5-7-1-4-9(13-6-7)18-11-15-14-10(17)16(11)8-2-3-8/h1,4,6,8H,2-3,5,12H2,(H,14,17). The minimum absolute atomic E-state index is 0.140. The number of aromatic nitrogens is 4. The van der Waals surface area contributed by atoms with Crippen molar-refractivity contribution < 1.29 is 0 Å². The lowest BCUT2D eigenvalue weighted by Gasteiger charge is -2.03. The number of H-pyrrole nitrogens is 1. The zero-order chi connectivity index (χ0) is 12.5. The Hall–Kier alpha value is -1.60. The number of hydrogen-bond donors (Lipinski definition) is 2. The average Bonchev–Trinajstić information content (AvgIpc) is 3.16. The van der Waals surface area contributed by atoms with Crippen LogP contribution in [0.4, 0.5) is 0 Å². The van der Waals surface area contributed by atoms with E-state index in [0.29, 0.717) is 17.7 Å². The first kappa shape index (κ1) is 11.5. The normalized spacial score (nSPS) is 14.9. The first-order valence-electron chi connectivity index (χ1n) is 5.77. The third-order valence-electron chi connectivity index (χ3n) is 2.81. The molecule has 0 unspecified atom stereocenters. The van der Waals surface area contributed by atoms with Crippen molar-refractivity contribution in [2.75, 3.05) is 0 Å². The number of nitrogens with zero attached hydrogens (tertiary/aromatic N) is 3. The van der Waals surface area contributed by atoms with Gasteiger partial charge in [0.25, 0.3) is 0 Å². The van der Waals surface area contributed by atoms with Crippen LogP contribution in [0.15, 0.2) is 33.3 Å². The van der Waals surface area contributed by atoms with E-state index in [2.05, 4.69) is 15.2 Å². The van der Waals surface area contributed by atoms with E-state index in [4.69, 9.17) is 5.73 Å². The molecule has 0 atom stereocenters. The van der Waals surface area contributed by atoms with Crippen molar-refractivity contribution in [3.63, 3.8) is 0 Å². The van der Waals surface area contributed by atoms with Crippen molar-refractivity contribution in [3.05, 3.63) is 34.4 Å². The van der Waals surface area contributed by atoms with Gasteiger partial charge in [-0.2, -0.15) is 0 Å². The Morgan fingerprint density at radius 3 is 2.94 bits per heavy atom. The molecule has 2 aromatic rings. The van der Waals surface area contributed by atoms with Gasteiger partial charge in [0.15, 0.2) is 5.16 Å². The van der Waals surface area contributed by atoms with Crippen molar-refractivity contribution in [2.24, 2.45) is 5.73 Å². The zero-order valence-corrected chi connectivity index (χ0v) is 10.5. The molecule has 0 aromatic carbocycles. The van der Waals surface area contributed by atoms with E-state index in [1.54, 1.807) is 10.8 Å². The summed E-state index contributed by atoms with van der Waals surface area (Å²) in [6.07, 6.45) is 3.84. The molecule has 3 rings (SSSR count). The molecule has 2 heterocycles. The minimum Gasteiger partial charge on any atom is -0.326 e. The predicted octanol–water partition coefficient (Wildman–Crippen LogP) is 0.911. The molecule has 94 valence electrons. The lowest BCUT2D eigenvalue weighted by molar-refractivity contribution is 0.642. The monoisotopic (exact) mass is 263 g/mol. The largest absolute Gasteiger partial charge is 0.344 e. The summed E-state index contributed by atoms with van der Waals surface area (Å²) >= 11 is 1.39. The Labute approximate surface area is 108 Å². The van der Waals surface area contributed by atoms with Crippen LogP contribution in [0.3, 0.4) is 0 Å². The highest BCUT2D eigenvalue weighted by Crippen LogP contribution is 2.37. The number of pyridine rings is 1. The maximum atomic E-state index is 11.6. The molecule has 1 aliphatic rings. The van der Waals surface area contributed by atoms with Gasteiger partial charge in [-0.1, -0.05) is 6.07 Å². The summed E-state index contributed by atoms with van der Waals surface area (Å²) in [4.78, 5) is 15.9. The summed E-state index contributed by atoms with van der Waals surface area (Å²) in [6, 6.07) is 4.13. The fourth-order valence-electron chi connectivity index (χ4n) is 1.70. The quantitative estimate of drug-likeness (QED) is 0.855. The second kappa shape index (κ2) is 4.58. The third kappa shape index (κ3) is 2.19. The second-order valence-corrected chi connectivity index (χ2v) is 5.21. The fourth-order valence-corrected chi connectivity index (χ4v) is 2.55. The second-order valence-electron chi connectivity index (χ2n) is 4.22. The number of nitrogens with one attached hydrogen (secondary N) is 1. The molecule has 0 aliphatic heterocycles. The molecule has 18 heavy (non-hydrogen) atoms. The molecular weight excluding hydrogens is 250 g/mol. The molecule has 3 N–H and O–H groups in total. The van der Waals surface area contributed by atoms with Crippen LogP contribution in [0.1, 0.15) is 24.4 Å². The van der Waals surface area contributed by atoms with Gasteiger partial charge in [0, 0.05) is 18.8 Å². The van der Waals surface area contributed by atoms with E-state index in [1.165, 1.54) is 11.8 Å². The van der Waals surface area contributed by atoms with Crippen LogP contribution in [0.5, 0.6) is 0 Å². The molecule has 0 bridgehead atoms. The van der Waals surface area contributed by atoms with Gasteiger partial charge < -0.3 is 5.73 Å². The maximum Gasteiger partial charge on any atom is 0.344 e. The molecule has 0 amide bonds. The lowest BCUT2D eigenvalue weighted by Crippen LogP contribution is -2.16. The summed E-state index contributed by atoms with van der Waals surface area (Å²) < 4.78 is 1.71. The molecule has 0 saturated heterocycles. The summed E-state index contributed by atoms with van der Waals surface area (Å²) in [5, 5.41) is 8.02. The van der Waals surface area contributed by atoms with Crippen LogP contribution in [-0.4, -0.2) is 19.7 Å². The average molecular weight is 263 g/mol. The van der Waals surface area contributed by atoms with Crippen LogP contribution in [-0.2, 0) is 6.54 Å². The number of hydrogen-bond acceptors (Lipinski definition) is 5. The minimum atomic E-state index is -0.140. The van der Waals surface area contributed by atoms with E-state index in [1.807, 2.05) is 12.1 Å². The highest BCUT2D eigenvalue weighted by Gasteiger charge is 2.28. The fraction of sp³-hybridized carbons (Fsp3) is 0.364. The first-order chi connectivity index (χ1) is 8.78. The van der Waals surface area contributed by atoms with Gasteiger partial charge >= 0.3 is 5.69 Å². The molecule has 1 fully saturated rings. The summed E-state index contributed by atoms with van der Waals surface area (Å²) in [6.45, 7) is 0.479. The molecule has 1 aliphatic carbocycles. The smallest absolute Gasteiger partial charge is 0.326 e. The van der Waals surface area contributed by atoms with E-state index in [0.717, 1.165) is 23.4 Å². The van der Waals surface area contributed by atoms with Crippen molar-refractivity contribution in [3.8, 4) is 0 Å². The van der Waals surface area contributed by atoms with Crippen LogP contribution in [0.2, 0.25) is 0 Å². The van der Waals surface area contributed by atoms with E-state index >= 15 is 0 Å². The Bertz CT molecular complexity index is 599. The van der Waals surface area contributed by atoms with Crippen LogP contribution in [0, 0.1) is 0 Å². The van der Waals surface area contributed by atoms with Crippen molar-refractivity contribution >= 4 is 11.8 Å². The van der Waals surface area contributed by atoms with Gasteiger partial charge in [0.2, 0.25) is 0 Å². The van der Waals surface area contributed by atoms with Crippen LogP contribution < -0.4 is 11.4 Å². The highest BCUT2D eigenvalue weighted by molar-refractivity contribution is 7.99. The molecule has 2 aromatic heterocycles. The summed E-state index contributed by atoms with van der Waals surface area (Å²) in [7, 11) is 0. The molecule has 6 nitrogen and oxygen atoms in total. The van der Waals surface area contributed by atoms with Gasteiger partial charge in [0.05, 0.1) is 0 Å². The van der Waals surface area contributed by atoms with Gasteiger partial charge in [0.1, 0.15) is 5.03 Å². The maximum absolute atomic E-state index is 11.6.